The Morgan fingerprint density at radius 3 is 2.76 bits per heavy atom. The molecule has 7 heteroatoms. The number of alkyl carbamates (subject to hydrolysis) is 1. The van der Waals surface area contributed by atoms with Crippen molar-refractivity contribution in [3.63, 3.8) is 0 Å². The van der Waals surface area contributed by atoms with Crippen molar-refractivity contribution in [3.05, 3.63) is 28.9 Å². The van der Waals surface area contributed by atoms with E-state index in [0.717, 1.165) is 21.9 Å². The maximum absolute atomic E-state index is 14.7. The molecule has 0 radical (unpaired) electrons. The van der Waals surface area contributed by atoms with E-state index in [9.17, 15) is 9.18 Å². The van der Waals surface area contributed by atoms with Gasteiger partial charge in [0.05, 0.1) is 17.6 Å². The minimum Gasteiger partial charge on any atom is -0.444 e. The number of halogens is 2. The van der Waals surface area contributed by atoms with Crippen molar-refractivity contribution < 1.29 is 13.9 Å². The van der Waals surface area contributed by atoms with Gasteiger partial charge in [-0.15, -0.1) is 0 Å². The van der Waals surface area contributed by atoms with Crippen molar-refractivity contribution in [1.82, 2.24) is 15.1 Å². The number of aromatic nitrogens is 2. The van der Waals surface area contributed by atoms with Crippen LogP contribution in [0.15, 0.2) is 28.9 Å². The largest absolute Gasteiger partial charge is 0.444 e. The number of para-hydroxylation sites is 1. The molecule has 1 aliphatic rings. The van der Waals surface area contributed by atoms with E-state index in [2.05, 4.69) is 26.3 Å². The third-order valence-corrected chi connectivity index (χ3v) is 4.95. The van der Waals surface area contributed by atoms with E-state index in [1.54, 1.807) is 20.8 Å². The van der Waals surface area contributed by atoms with Crippen LogP contribution in [-0.4, -0.2) is 33.7 Å². The maximum atomic E-state index is 14.7. The Balaban J connectivity index is 1.68. The lowest BCUT2D eigenvalue weighted by Crippen LogP contribution is -2.47. The zero-order valence-corrected chi connectivity index (χ0v) is 16.2. The molecule has 0 spiro atoms. The molecule has 3 rings (SSSR count). The SMILES string of the molecule is CC(C)(C)OC(=O)N[C@@H]1CC[C@@H](n2nc(Br)c3ccccc32)C[C@H]1F. The minimum atomic E-state index is -1.13. The van der Waals surface area contributed by atoms with Crippen LogP contribution in [0, 0.1) is 0 Å². The fourth-order valence-corrected chi connectivity index (χ4v) is 3.77. The number of nitrogens with one attached hydrogen (secondary N) is 1. The minimum absolute atomic E-state index is 0.0251. The molecule has 0 aliphatic heterocycles. The standard InChI is InChI=1S/C18H23BrFN3O2/c1-18(2,3)25-17(24)21-14-9-8-11(10-13(14)20)23-15-7-5-4-6-12(15)16(19)22-23/h4-7,11,13-14H,8-10H2,1-3H3,(H,21,24)/t11-,13-,14-/m1/s1. The van der Waals surface area contributed by atoms with Crippen LogP contribution in [0.2, 0.25) is 0 Å². The molecule has 1 aromatic heterocycles. The number of alkyl halides is 1. The molecular formula is C18H23BrFN3O2. The molecule has 2 aromatic rings. The van der Waals surface area contributed by atoms with E-state index in [0.29, 0.717) is 12.8 Å². The van der Waals surface area contributed by atoms with Crippen molar-refractivity contribution in [2.45, 2.75) is 63.9 Å². The first-order chi connectivity index (χ1) is 11.7. The summed E-state index contributed by atoms with van der Waals surface area (Å²) < 4.78 is 22.6. The Labute approximate surface area is 155 Å². The predicted octanol–water partition coefficient (Wildman–Crippen LogP) is 4.76. The summed E-state index contributed by atoms with van der Waals surface area (Å²) >= 11 is 3.47. The van der Waals surface area contributed by atoms with Gasteiger partial charge in [0.15, 0.2) is 0 Å². The molecule has 1 N–H and O–H groups in total. The number of carbonyl (C=O) groups excluding carboxylic acids is 1. The van der Waals surface area contributed by atoms with Crippen LogP contribution in [0.25, 0.3) is 10.9 Å². The Kier molecular flexibility index (Phi) is 5.04. The third kappa shape index (κ3) is 4.14. The zero-order chi connectivity index (χ0) is 18.2. The second-order valence-electron chi connectivity index (χ2n) is 7.49. The van der Waals surface area contributed by atoms with Crippen molar-refractivity contribution in [3.8, 4) is 0 Å². The van der Waals surface area contributed by atoms with Gasteiger partial charge in [-0.1, -0.05) is 18.2 Å². The van der Waals surface area contributed by atoms with Gasteiger partial charge in [0.1, 0.15) is 16.4 Å². The average molecular weight is 412 g/mol. The van der Waals surface area contributed by atoms with Crippen LogP contribution in [0.5, 0.6) is 0 Å². The first-order valence-corrected chi connectivity index (χ1v) is 9.30. The Morgan fingerprint density at radius 2 is 2.08 bits per heavy atom. The fourth-order valence-electron chi connectivity index (χ4n) is 3.27. The first kappa shape index (κ1) is 18.2. The molecule has 1 amide bonds. The second kappa shape index (κ2) is 6.94. The topological polar surface area (TPSA) is 56.1 Å². The van der Waals surface area contributed by atoms with Gasteiger partial charge in [0.2, 0.25) is 0 Å². The molecule has 25 heavy (non-hydrogen) atoms. The number of hydrogen-bond acceptors (Lipinski definition) is 3. The molecule has 1 heterocycles. The molecule has 5 nitrogen and oxygen atoms in total. The molecule has 1 aromatic carbocycles. The molecule has 0 unspecified atom stereocenters. The summed E-state index contributed by atoms with van der Waals surface area (Å²) in [5, 5.41) is 8.22. The monoisotopic (exact) mass is 411 g/mol. The Morgan fingerprint density at radius 1 is 1.36 bits per heavy atom. The molecular weight excluding hydrogens is 389 g/mol. The third-order valence-electron chi connectivity index (χ3n) is 4.36. The summed E-state index contributed by atoms with van der Waals surface area (Å²) in [7, 11) is 0. The van der Waals surface area contributed by atoms with Crippen LogP contribution in [0.4, 0.5) is 9.18 Å². The predicted molar refractivity (Wildman–Crippen MR) is 98.4 cm³/mol. The number of benzene rings is 1. The highest BCUT2D eigenvalue weighted by Gasteiger charge is 2.34. The average Bonchev–Trinajstić information content (AvgIpc) is 2.85. The second-order valence-corrected chi connectivity index (χ2v) is 8.24. The van der Waals surface area contributed by atoms with Gasteiger partial charge in [-0.05, 0) is 55.6 Å². The van der Waals surface area contributed by atoms with Crippen LogP contribution in [0.3, 0.4) is 0 Å². The molecule has 1 aliphatic carbocycles. The van der Waals surface area contributed by atoms with Crippen molar-refractivity contribution in [2.75, 3.05) is 0 Å². The zero-order valence-electron chi connectivity index (χ0n) is 14.6. The molecule has 1 fully saturated rings. The normalized spacial score (nSPS) is 24.3. The summed E-state index contributed by atoms with van der Waals surface area (Å²) in [5.41, 5.74) is 0.401. The number of carbonyl (C=O) groups is 1. The van der Waals surface area contributed by atoms with Gasteiger partial charge in [0, 0.05) is 11.8 Å². The highest BCUT2D eigenvalue weighted by molar-refractivity contribution is 9.10. The van der Waals surface area contributed by atoms with Crippen molar-refractivity contribution in [2.24, 2.45) is 0 Å². The lowest BCUT2D eigenvalue weighted by molar-refractivity contribution is 0.0432. The molecule has 136 valence electrons. The molecule has 1 saturated carbocycles. The van der Waals surface area contributed by atoms with Crippen molar-refractivity contribution >= 4 is 32.9 Å². The number of hydrogen-bond donors (Lipinski definition) is 1. The van der Waals surface area contributed by atoms with Crippen molar-refractivity contribution in [1.29, 1.82) is 0 Å². The Bertz CT molecular complexity index is 771. The van der Waals surface area contributed by atoms with E-state index >= 15 is 0 Å². The van der Waals surface area contributed by atoms with Gasteiger partial charge in [-0.25, -0.2) is 9.18 Å². The summed E-state index contributed by atoms with van der Waals surface area (Å²) in [6.07, 6.45) is -0.0760. The lowest BCUT2D eigenvalue weighted by Gasteiger charge is -2.33. The fraction of sp³-hybridized carbons (Fsp3) is 0.556. The van der Waals surface area contributed by atoms with Gasteiger partial charge in [-0.2, -0.15) is 5.10 Å². The number of ether oxygens (including phenoxy) is 1. The van der Waals surface area contributed by atoms with E-state index in [1.807, 2.05) is 28.9 Å². The summed E-state index contributed by atoms with van der Waals surface area (Å²) in [4.78, 5) is 11.9. The number of rotatable bonds is 2. The van der Waals surface area contributed by atoms with Crippen LogP contribution >= 0.6 is 15.9 Å². The van der Waals surface area contributed by atoms with Gasteiger partial charge < -0.3 is 10.1 Å². The molecule has 0 bridgehead atoms. The number of fused-ring (bicyclic) bond motifs is 1. The first-order valence-electron chi connectivity index (χ1n) is 8.51. The molecule has 3 atom stereocenters. The smallest absolute Gasteiger partial charge is 0.407 e. The van der Waals surface area contributed by atoms with Crippen LogP contribution in [0.1, 0.15) is 46.1 Å². The quantitative estimate of drug-likeness (QED) is 0.774. The van der Waals surface area contributed by atoms with E-state index in [1.165, 1.54) is 0 Å². The van der Waals surface area contributed by atoms with E-state index < -0.39 is 23.9 Å². The van der Waals surface area contributed by atoms with E-state index in [-0.39, 0.29) is 6.04 Å². The van der Waals surface area contributed by atoms with E-state index in [4.69, 9.17) is 4.74 Å². The maximum Gasteiger partial charge on any atom is 0.407 e. The van der Waals surface area contributed by atoms with Gasteiger partial charge in [-0.3, -0.25) is 4.68 Å². The highest BCUT2D eigenvalue weighted by atomic mass is 79.9. The number of amides is 1. The highest BCUT2D eigenvalue weighted by Crippen LogP contribution is 2.34. The Hall–Kier alpha value is -1.63. The summed E-state index contributed by atoms with van der Waals surface area (Å²) in [6, 6.07) is 7.35. The lowest BCUT2D eigenvalue weighted by atomic mass is 9.89. The summed E-state index contributed by atoms with van der Waals surface area (Å²) in [5.74, 6) is 0. The van der Waals surface area contributed by atoms with Crippen LogP contribution < -0.4 is 5.32 Å². The van der Waals surface area contributed by atoms with Gasteiger partial charge in [0.25, 0.3) is 0 Å². The van der Waals surface area contributed by atoms with Crippen LogP contribution in [-0.2, 0) is 4.74 Å². The number of nitrogens with zero attached hydrogens (tertiary/aromatic N) is 2. The summed E-state index contributed by atoms with van der Waals surface area (Å²) in [6.45, 7) is 5.37. The molecule has 0 saturated heterocycles. The van der Waals surface area contributed by atoms with Gasteiger partial charge >= 0.3 is 6.09 Å².